The Bertz CT molecular complexity index is 570. The first-order valence-electron chi connectivity index (χ1n) is 9.37. The summed E-state index contributed by atoms with van der Waals surface area (Å²) >= 11 is 0. The van der Waals surface area contributed by atoms with E-state index >= 15 is 0 Å². The van der Waals surface area contributed by atoms with Gasteiger partial charge in [-0.1, -0.05) is 12.1 Å². The largest absolute Gasteiger partial charge is 0.385 e. The number of piperidine rings is 1. The Morgan fingerprint density at radius 2 is 2.20 bits per heavy atom. The number of carbonyl (C=O) groups excluding carboxylic acids is 1. The fraction of sp³-hybridized carbons (Fsp3) is 0.833. The van der Waals surface area contributed by atoms with Crippen LogP contribution in [0.5, 0.6) is 0 Å². The molecule has 0 aromatic carbocycles. The van der Waals surface area contributed by atoms with Gasteiger partial charge >= 0.3 is 0 Å². The van der Waals surface area contributed by atoms with Crippen molar-refractivity contribution in [2.24, 2.45) is 0 Å². The molecule has 0 spiro atoms. The number of rotatable bonds is 6. The number of nitrogens with zero attached hydrogens (tertiary/aromatic N) is 3. The van der Waals surface area contributed by atoms with Crippen molar-refractivity contribution in [1.82, 2.24) is 15.0 Å². The minimum Gasteiger partial charge on any atom is -0.385 e. The van der Waals surface area contributed by atoms with Gasteiger partial charge in [0.25, 0.3) is 0 Å². The third-order valence-corrected chi connectivity index (χ3v) is 5.50. The molecule has 7 heteroatoms. The average Bonchev–Trinajstić information content (AvgIpc) is 3.17. The Kier molecular flexibility index (Phi) is 6.06. The fourth-order valence-corrected chi connectivity index (χ4v) is 3.93. The molecule has 2 aliphatic heterocycles. The van der Waals surface area contributed by atoms with Crippen LogP contribution in [0.2, 0.25) is 0 Å². The third kappa shape index (κ3) is 4.03. The van der Waals surface area contributed by atoms with E-state index < -0.39 is 0 Å². The van der Waals surface area contributed by atoms with E-state index in [9.17, 15) is 4.79 Å². The minimum atomic E-state index is -0.272. The van der Waals surface area contributed by atoms with Crippen LogP contribution in [0.3, 0.4) is 0 Å². The molecule has 1 aromatic heterocycles. The van der Waals surface area contributed by atoms with Crippen molar-refractivity contribution >= 4 is 5.91 Å². The molecular weight excluding hydrogens is 322 g/mol. The molecule has 0 N–H and O–H groups in total. The Balaban J connectivity index is 1.82. The van der Waals surface area contributed by atoms with Crippen molar-refractivity contribution in [3.63, 3.8) is 0 Å². The zero-order chi connectivity index (χ0) is 17.7. The fourth-order valence-electron chi connectivity index (χ4n) is 3.93. The lowest BCUT2D eigenvalue weighted by Crippen LogP contribution is -2.49. The van der Waals surface area contributed by atoms with Gasteiger partial charge in [-0.15, -0.1) is 0 Å². The van der Waals surface area contributed by atoms with Crippen molar-refractivity contribution in [3.8, 4) is 0 Å². The molecule has 2 aliphatic rings. The molecule has 25 heavy (non-hydrogen) atoms. The van der Waals surface area contributed by atoms with Gasteiger partial charge in [-0.3, -0.25) is 4.79 Å². The topological polar surface area (TPSA) is 77.7 Å². The second-order valence-electron chi connectivity index (χ2n) is 7.14. The molecule has 1 unspecified atom stereocenters. The Hall–Kier alpha value is -1.47. The van der Waals surface area contributed by atoms with Crippen molar-refractivity contribution in [1.29, 1.82) is 0 Å². The van der Waals surface area contributed by atoms with Gasteiger partial charge < -0.3 is 18.9 Å². The highest BCUT2D eigenvalue weighted by atomic mass is 16.5. The first-order chi connectivity index (χ1) is 12.2. The second kappa shape index (κ2) is 8.27. The summed E-state index contributed by atoms with van der Waals surface area (Å²) in [6, 6.07) is 0. The van der Waals surface area contributed by atoms with Gasteiger partial charge in [0.2, 0.25) is 11.8 Å². The van der Waals surface area contributed by atoms with Gasteiger partial charge in [0.05, 0.1) is 5.41 Å². The first kappa shape index (κ1) is 18.3. The molecule has 0 bridgehead atoms. The van der Waals surface area contributed by atoms with Crippen LogP contribution in [0.4, 0.5) is 0 Å². The van der Waals surface area contributed by atoms with Crippen LogP contribution < -0.4 is 0 Å². The van der Waals surface area contributed by atoms with E-state index in [1.165, 1.54) is 0 Å². The molecule has 0 radical (unpaired) electrons. The van der Waals surface area contributed by atoms with Crippen LogP contribution in [0, 0.1) is 0 Å². The zero-order valence-electron chi connectivity index (χ0n) is 15.3. The van der Waals surface area contributed by atoms with Crippen molar-refractivity contribution in [2.45, 2.75) is 56.8 Å². The molecule has 140 valence electrons. The Labute approximate surface area is 149 Å². The molecule has 0 saturated carbocycles. The van der Waals surface area contributed by atoms with Gasteiger partial charge in [-0.25, -0.2) is 0 Å². The molecule has 0 aliphatic carbocycles. The maximum Gasteiger partial charge on any atom is 0.229 e. The number of likely N-dealkylation sites (tertiary alicyclic amines) is 1. The minimum absolute atomic E-state index is 0.189. The molecule has 2 saturated heterocycles. The van der Waals surface area contributed by atoms with Crippen LogP contribution >= 0.6 is 0 Å². The number of hydrogen-bond donors (Lipinski definition) is 0. The lowest BCUT2D eigenvalue weighted by molar-refractivity contribution is -0.133. The molecule has 1 aromatic rings. The second-order valence-corrected chi connectivity index (χ2v) is 7.14. The Morgan fingerprint density at radius 3 is 2.92 bits per heavy atom. The lowest BCUT2D eigenvalue weighted by Gasteiger charge is -2.40. The highest BCUT2D eigenvalue weighted by Crippen LogP contribution is 2.37. The molecule has 3 rings (SSSR count). The number of ether oxygens (including phenoxy) is 2. The maximum absolute atomic E-state index is 12.2. The molecule has 3 heterocycles. The van der Waals surface area contributed by atoms with Gasteiger partial charge in [0.15, 0.2) is 5.82 Å². The summed E-state index contributed by atoms with van der Waals surface area (Å²) in [4.78, 5) is 19.0. The summed E-state index contributed by atoms with van der Waals surface area (Å²) in [6.45, 7) is 5.48. The first-order valence-corrected chi connectivity index (χ1v) is 9.37. The van der Waals surface area contributed by atoms with Gasteiger partial charge in [0.1, 0.15) is 0 Å². The zero-order valence-corrected chi connectivity index (χ0v) is 15.3. The van der Waals surface area contributed by atoms with E-state index in [4.69, 9.17) is 19.0 Å². The van der Waals surface area contributed by atoms with Gasteiger partial charge in [0, 0.05) is 52.4 Å². The maximum atomic E-state index is 12.2. The normalized spacial score (nSPS) is 25.3. The number of carbonyl (C=O) groups is 1. The lowest BCUT2D eigenvalue weighted by atomic mass is 9.76. The van der Waals surface area contributed by atoms with Crippen LogP contribution in [0.1, 0.15) is 63.1 Å². The van der Waals surface area contributed by atoms with Crippen LogP contribution in [0.25, 0.3) is 0 Å². The predicted molar refractivity (Wildman–Crippen MR) is 91.4 cm³/mol. The number of hydrogen-bond acceptors (Lipinski definition) is 6. The van der Waals surface area contributed by atoms with E-state index in [0.717, 1.165) is 57.7 Å². The Morgan fingerprint density at radius 1 is 1.40 bits per heavy atom. The number of aromatic nitrogens is 2. The molecule has 1 amide bonds. The number of amides is 1. The average molecular weight is 351 g/mol. The standard InChI is InChI=1S/C18H29N3O4/c1-3-15(22)21-9-4-7-18(13-21,8-12-23-2)17-19-16(25-20-17)14-5-10-24-11-6-14/h14H,3-13H2,1-2H3. The summed E-state index contributed by atoms with van der Waals surface area (Å²) in [5.41, 5.74) is -0.272. The van der Waals surface area contributed by atoms with Crippen LogP contribution in [0.15, 0.2) is 4.52 Å². The molecule has 7 nitrogen and oxygen atoms in total. The smallest absolute Gasteiger partial charge is 0.229 e. The highest BCUT2D eigenvalue weighted by molar-refractivity contribution is 5.76. The number of methoxy groups -OCH3 is 1. The van der Waals surface area contributed by atoms with Crippen molar-refractivity contribution < 1.29 is 18.8 Å². The van der Waals surface area contributed by atoms with Crippen LogP contribution in [-0.2, 0) is 19.7 Å². The third-order valence-electron chi connectivity index (χ3n) is 5.50. The summed E-state index contributed by atoms with van der Waals surface area (Å²) in [6.07, 6.45) is 5.08. The summed E-state index contributed by atoms with van der Waals surface area (Å²) in [7, 11) is 1.70. The summed E-state index contributed by atoms with van der Waals surface area (Å²) in [5.74, 6) is 1.93. The molecular formula is C18H29N3O4. The van der Waals surface area contributed by atoms with E-state index in [1.54, 1.807) is 7.11 Å². The summed E-state index contributed by atoms with van der Waals surface area (Å²) in [5, 5.41) is 4.34. The predicted octanol–water partition coefficient (Wildman–Crippen LogP) is 2.27. The van der Waals surface area contributed by atoms with E-state index in [1.807, 2.05) is 11.8 Å². The van der Waals surface area contributed by atoms with Crippen molar-refractivity contribution in [3.05, 3.63) is 11.7 Å². The molecule has 1 atom stereocenters. The quantitative estimate of drug-likeness (QED) is 0.782. The van der Waals surface area contributed by atoms with Crippen molar-refractivity contribution in [2.75, 3.05) is 40.0 Å². The van der Waals surface area contributed by atoms with E-state index in [2.05, 4.69) is 5.16 Å². The SMILES string of the molecule is CCC(=O)N1CCCC(CCOC)(c2noc(C3CCOCC3)n2)C1. The summed E-state index contributed by atoms with van der Waals surface area (Å²) < 4.78 is 16.4. The monoisotopic (exact) mass is 351 g/mol. The van der Waals surface area contributed by atoms with Gasteiger partial charge in [-0.05, 0) is 32.1 Å². The van der Waals surface area contributed by atoms with Gasteiger partial charge in [-0.2, -0.15) is 4.98 Å². The molecule has 2 fully saturated rings. The van der Waals surface area contributed by atoms with Crippen LogP contribution in [-0.4, -0.2) is 61.0 Å². The van der Waals surface area contributed by atoms with E-state index in [-0.39, 0.29) is 17.2 Å². The highest BCUT2D eigenvalue weighted by Gasteiger charge is 2.42. The van der Waals surface area contributed by atoms with E-state index in [0.29, 0.717) is 25.5 Å².